The van der Waals surface area contributed by atoms with Gasteiger partial charge in [-0.05, 0) is 18.8 Å². The van der Waals surface area contributed by atoms with Gasteiger partial charge >= 0.3 is 15.5 Å². The van der Waals surface area contributed by atoms with Gasteiger partial charge in [0.25, 0.3) is 0 Å². The summed E-state index contributed by atoms with van der Waals surface area (Å²) < 4.78 is 58.2. The summed E-state index contributed by atoms with van der Waals surface area (Å²) in [6.07, 6.45) is 0.215. The van der Waals surface area contributed by atoms with Gasteiger partial charge in [0, 0.05) is 13.6 Å². The van der Waals surface area contributed by atoms with E-state index >= 15 is 0 Å². The van der Waals surface area contributed by atoms with E-state index < -0.39 is 21.6 Å². The van der Waals surface area contributed by atoms with Crippen LogP contribution in [0.3, 0.4) is 0 Å². The van der Waals surface area contributed by atoms with Crippen molar-refractivity contribution in [3.05, 3.63) is 0 Å². The highest BCUT2D eigenvalue weighted by atomic mass is 32.2. The Kier molecular flexibility index (Phi) is 3.32. The lowest BCUT2D eigenvalue weighted by Gasteiger charge is -2.34. The fourth-order valence-electron chi connectivity index (χ4n) is 1.49. The number of aliphatic hydroxyl groups is 1. The minimum atomic E-state index is -5.25. The molecule has 1 N–H and O–H groups in total. The molecule has 0 atom stereocenters. The van der Waals surface area contributed by atoms with Crippen molar-refractivity contribution in [1.29, 1.82) is 0 Å². The number of halogens is 3. The minimum absolute atomic E-state index is 0.179. The number of nitrogens with zero attached hydrogens (tertiary/aromatic N) is 1. The lowest BCUT2D eigenvalue weighted by Crippen LogP contribution is -2.44. The van der Waals surface area contributed by atoms with Gasteiger partial charge in [-0.3, -0.25) is 0 Å². The van der Waals surface area contributed by atoms with Gasteiger partial charge in [0.05, 0.1) is 6.10 Å². The monoisotopic (exact) mass is 247 g/mol. The molecule has 0 radical (unpaired) electrons. The summed E-state index contributed by atoms with van der Waals surface area (Å²) in [6.45, 7) is -0.196. The molecule has 0 amide bonds. The fraction of sp³-hybridized carbons (Fsp3) is 1.00. The second kappa shape index (κ2) is 3.91. The smallest absolute Gasteiger partial charge is 0.393 e. The van der Waals surface area contributed by atoms with Crippen molar-refractivity contribution >= 4 is 10.0 Å². The Morgan fingerprint density at radius 2 is 1.87 bits per heavy atom. The zero-order valence-corrected chi connectivity index (χ0v) is 8.85. The molecule has 90 valence electrons. The minimum Gasteiger partial charge on any atom is -0.393 e. The lowest BCUT2D eigenvalue weighted by molar-refractivity contribution is -0.0494. The number of rotatable bonds is 3. The van der Waals surface area contributed by atoms with Crippen LogP contribution in [0.25, 0.3) is 0 Å². The first-order valence-electron chi connectivity index (χ1n) is 4.35. The predicted octanol–water partition coefficient (Wildman–Crippen LogP) is 0.539. The zero-order valence-electron chi connectivity index (χ0n) is 8.03. The van der Waals surface area contributed by atoms with Crippen molar-refractivity contribution in [1.82, 2.24) is 4.31 Å². The Morgan fingerprint density at radius 3 is 2.20 bits per heavy atom. The molecule has 1 fully saturated rings. The van der Waals surface area contributed by atoms with Gasteiger partial charge in [0.1, 0.15) is 0 Å². The van der Waals surface area contributed by atoms with E-state index in [4.69, 9.17) is 5.11 Å². The van der Waals surface area contributed by atoms with Crippen LogP contribution in [-0.4, -0.2) is 43.0 Å². The normalized spacial score (nSPS) is 27.9. The fourth-order valence-corrected chi connectivity index (χ4v) is 2.25. The maximum atomic E-state index is 12.1. The third-order valence-corrected chi connectivity index (χ3v) is 3.98. The zero-order chi connectivity index (χ0) is 11.9. The Morgan fingerprint density at radius 1 is 1.40 bits per heavy atom. The average molecular weight is 247 g/mol. The summed E-state index contributed by atoms with van der Waals surface area (Å²) in [6, 6.07) is 0. The van der Waals surface area contributed by atoms with Gasteiger partial charge in [-0.1, -0.05) is 0 Å². The summed E-state index contributed by atoms with van der Waals surface area (Å²) in [4.78, 5) is 0. The van der Waals surface area contributed by atoms with Crippen molar-refractivity contribution < 1.29 is 26.7 Å². The largest absolute Gasteiger partial charge is 0.511 e. The summed E-state index contributed by atoms with van der Waals surface area (Å²) >= 11 is 0. The van der Waals surface area contributed by atoms with E-state index in [2.05, 4.69) is 0 Å². The number of hydrogen-bond acceptors (Lipinski definition) is 3. The Labute approximate surface area is 85.7 Å². The van der Waals surface area contributed by atoms with Crippen molar-refractivity contribution in [2.75, 3.05) is 13.6 Å². The summed E-state index contributed by atoms with van der Waals surface area (Å²) in [5.74, 6) is -0.179. The highest BCUT2D eigenvalue weighted by molar-refractivity contribution is 7.89. The first kappa shape index (κ1) is 12.7. The van der Waals surface area contributed by atoms with E-state index in [0.29, 0.717) is 17.1 Å². The molecule has 4 nitrogen and oxygen atoms in total. The van der Waals surface area contributed by atoms with Crippen molar-refractivity contribution in [2.24, 2.45) is 5.92 Å². The first-order chi connectivity index (χ1) is 6.64. The van der Waals surface area contributed by atoms with E-state index in [0.717, 1.165) is 7.05 Å². The molecular weight excluding hydrogens is 235 g/mol. The van der Waals surface area contributed by atoms with E-state index in [1.165, 1.54) is 0 Å². The number of sulfonamides is 1. The van der Waals surface area contributed by atoms with E-state index in [9.17, 15) is 21.6 Å². The van der Waals surface area contributed by atoms with Crippen molar-refractivity contribution in [3.63, 3.8) is 0 Å². The number of hydrogen-bond donors (Lipinski definition) is 1. The summed E-state index contributed by atoms with van der Waals surface area (Å²) in [7, 11) is -4.32. The molecule has 1 aliphatic rings. The van der Waals surface area contributed by atoms with Gasteiger partial charge in [-0.15, -0.1) is 0 Å². The van der Waals surface area contributed by atoms with E-state index in [1.54, 1.807) is 0 Å². The number of aliphatic hydroxyl groups excluding tert-OH is 1. The molecule has 1 saturated carbocycles. The molecular formula is C7H12F3NO3S. The molecule has 1 aliphatic carbocycles. The second-order valence-corrected chi connectivity index (χ2v) is 5.76. The SMILES string of the molecule is CN(CC1CC(O)C1)S(=O)(=O)C(F)(F)F. The van der Waals surface area contributed by atoms with Crippen LogP contribution in [0.4, 0.5) is 13.2 Å². The molecule has 0 aromatic carbocycles. The van der Waals surface area contributed by atoms with Gasteiger partial charge in [0.15, 0.2) is 0 Å². The molecule has 8 heteroatoms. The Hall–Kier alpha value is -0.340. The third kappa shape index (κ3) is 2.61. The van der Waals surface area contributed by atoms with Gasteiger partial charge in [-0.25, -0.2) is 8.42 Å². The molecule has 0 heterocycles. The molecule has 0 aliphatic heterocycles. The van der Waals surface area contributed by atoms with E-state index in [-0.39, 0.29) is 12.5 Å². The van der Waals surface area contributed by atoms with Crippen molar-refractivity contribution in [2.45, 2.75) is 24.5 Å². The van der Waals surface area contributed by atoms with Crippen LogP contribution in [0.2, 0.25) is 0 Å². The molecule has 0 spiro atoms. The van der Waals surface area contributed by atoms with Crippen LogP contribution < -0.4 is 0 Å². The maximum absolute atomic E-state index is 12.1. The standard InChI is InChI=1S/C7H12F3NO3S/c1-11(4-5-2-6(12)3-5)15(13,14)7(8,9)10/h5-6,12H,2-4H2,1H3. The molecule has 1 rings (SSSR count). The van der Waals surface area contributed by atoms with Crippen LogP contribution in [0.15, 0.2) is 0 Å². The number of alkyl halides is 3. The van der Waals surface area contributed by atoms with Gasteiger partial charge in [-0.2, -0.15) is 17.5 Å². The summed E-state index contributed by atoms with van der Waals surface area (Å²) in [5.41, 5.74) is -5.25. The highest BCUT2D eigenvalue weighted by Gasteiger charge is 2.49. The third-order valence-electron chi connectivity index (χ3n) is 2.43. The van der Waals surface area contributed by atoms with Gasteiger partial charge < -0.3 is 5.11 Å². The van der Waals surface area contributed by atoms with Crippen molar-refractivity contribution in [3.8, 4) is 0 Å². The Balaban J connectivity index is 2.57. The van der Waals surface area contributed by atoms with Crippen LogP contribution >= 0.6 is 0 Å². The maximum Gasteiger partial charge on any atom is 0.511 e. The molecule has 0 saturated heterocycles. The van der Waals surface area contributed by atoms with Crippen LogP contribution in [-0.2, 0) is 10.0 Å². The Bertz CT molecular complexity index is 321. The van der Waals surface area contributed by atoms with Crippen LogP contribution in [0.1, 0.15) is 12.8 Å². The molecule has 15 heavy (non-hydrogen) atoms. The van der Waals surface area contributed by atoms with Gasteiger partial charge in [0.2, 0.25) is 0 Å². The topological polar surface area (TPSA) is 57.6 Å². The summed E-state index contributed by atoms with van der Waals surface area (Å²) in [5, 5.41) is 8.90. The molecule has 0 unspecified atom stereocenters. The first-order valence-corrected chi connectivity index (χ1v) is 5.79. The predicted molar refractivity (Wildman–Crippen MR) is 46.3 cm³/mol. The highest BCUT2D eigenvalue weighted by Crippen LogP contribution is 2.31. The molecule has 0 bridgehead atoms. The quantitative estimate of drug-likeness (QED) is 0.791. The van der Waals surface area contributed by atoms with Crippen LogP contribution in [0, 0.1) is 5.92 Å². The second-order valence-electron chi connectivity index (χ2n) is 3.72. The average Bonchev–Trinajstić information content (AvgIpc) is 1.99. The lowest BCUT2D eigenvalue weighted by atomic mass is 9.82. The molecule has 0 aromatic rings. The van der Waals surface area contributed by atoms with E-state index in [1.807, 2.05) is 0 Å². The van der Waals surface area contributed by atoms with Crippen LogP contribution in [0.5, 0.6) is 0 Å². The molecule has 0 aromatic heterocycles.